The van der Waals surface area contributed by atoms with Crippen LogP contribution in [0.25, 0.3) is 0 Å². The average Bonchev–Trinajstić information content (AvgIpc) is 3.08. The summed E-state index contributed by atoms with van der Waals surface area (Å²) in [5.41, 5.74) is 0.554. The highest BCUT2D eigenvalue weighted by atomic mass is 35.5. The molecule has 2 heterocycles. The molecule has 0 radical (unpaired) electrons. The molecule has 2 aromatic rings. The van der Waals surface area contributed by atoms with Gasteiger partial charge in [-0.2, -0.15) is 10.1 Å². The molecule has 0 spiro atoms. The van der Waals surface area contributed by atoms with E-state index in [9.17, 15) is 14.3 Å². The summed E-state index contributed by atoms with van der Waals surface area (Å²) in [7, 11) is 1.64. The summed E-state index contributed by atoms with van der Waals surface area (Å²) in [5.74, 6) is -0.295. The molecule has 1 N–H and O–H groups in total. The predicted molar refractivity (Wildman–Crippen MR) is 110 cm³/mol. The summed E-state index contributed by atoms with van der Waals surface area (Å²) >= 11 is 6.20. The van der Waals surface area contributed by atoms with Gasteiger partial charge < -0.3 is 19.5 Å². The number of halogens is 2. The van der Waals surface area contributed by atoms with Crippen LogP contribution in [0, 0.1) is 5.82 Å². The maximum absolute atomic E-state index is 14.1. The van der Waals surface area contributed by atoms with Crippen LogP contribution in [-0.2, 0) is 11.8 Å². The third kappa shape index (κ3) is 4.31. The van der Waals surface area contributed by atoms with Gasteiger partial charge in [0.2, 0.25) is 5.90 Å². The van der Waals surface area contributed by atoms with Gasteiger partial charge in [-0.15, -0.1) is 0 Å². The van der Waals surface area contributed by atoms with Gasteiger partial charge in [-0.05, 0) is 25.1 Å². The van der Waals surface area contributed by atoms with Crippen LogP contribution in [0.4, 0.5) is 10.2 Å². The van der Waals surface area contributed by atoms with Crippen LogP contribution >= 0.6 is 11.6 Å². The predicted octanol–water partition coefficient (Wildman–Crippen LogP) is 3.03. The van der Waals surface area contributed by atoms with Crippen LogP contribution in [0.2, 0.25) is 5.02 Å². The molecule has 30 heavy (non-hydrogen) atoms. The molecular formula is C20H22ClFN4O4. The summed E-state index contributed by atoms with van der Waals surface area (Å²) in [6.07, 6.45) is 2.05. The van der Waals surface area contributed by atoms with E-state index in [1.807, 2.05) is 0 Å². The number of aliphatic hydroxyl groups is 1. The Morgan fingerprint density at radius 3 is 2.93 bits per heavy atom. The number of carbonyl (C=O) groups is 1. The molecule has 3 rings (SSSR count). The second kappa shape index (κ2) is 9.27. The van der Waals surface area contributed by atoms with Crippen molar-refractivity contribution in [3.63, 3.8) is 0 Å². The fourth-order valence-corrected chi connectivity index (χ4v) is 3.41. The van der Waals surface area contributed by atoms with Gasteiger partial charge in [-0.25, -0.2) is 4.39 Å². The molecule has 0 saturated heterocycles. The van der Waals surface area contributed by atoms with Crippen molar-refractivity contribution in [2.75, 3.05) is 26.3 Å². The molecule has 10 heteroatoms. The number of aliphatic imine (C=N–C) groups is 1. The Balaban J connectivity index is 2.13. The SMILES string of the molecule is C=CC1=Nc2c(cnn2C)C(=O)N(CCO)CCOc2ccc(F)c(Cl)c2[C@@H](C)O1. The highest BCUT2D eigenvalue weighted by Crippen LogP contribution is 2.36. The molecule has 1 aliphatic heterocycles. The van der Waals surface area contributed by atoms with E-state index in [2.05, 4.69) is 16.7 Å². The van der Waals surface area contributed by atoms with Gasteiger partial charge in [0.1, 0.15) is 29.8 Å². The number of aryl methyl sites for hydroxylation is 1. The summed E-state index contributed by atoms with van der Waals surface area (Å²) < 4.78 is 27.2. The molecule has 1 aliphatic rings. The van der Waals surface area contributed by atoms with E-state index in [1.54, 1.807) is 14.0 Å². The Kier molecular flexibility index (Phi) is 6.73. The van der Waals surface area contributed by atoms with Gasteiger partial charge in [0.15, 0.2) is 5.82 Å². The zero-order valence-electron chi connectivity index (χ0n) is 16.6. The van der Waals surface area contributed by atoms with Crippen LogP contribution < -0.4 is 4.74 Å². The standard InChI is InChI=1S/C20H22ClFN4O4/c1-4-16-24-19-13(11-23-25(19)3)20(28)26(7-9-27)8-10-29-15-6-5-14(22)18(21)17(15)12(2)30-16/h4-6,11-12,27H,1,7-10H2,2-3H3/t12-/m1/s1. The summed E-state index contributed by atoms with van der Waals surface area (Å²) in [6.45, 7) is 5.52. The number of hydrogen-bond donors (Lipinski definition) is 1. The van der Waals surface area contributed by atoms with Crippen molar-refractivity contribution < 1.29 is 23.8 Å². The molecule has 0 aliphatic carbocycles. The Labute approximate surface area is 178 Å². The van der Waals surface area contributed by atoms with Crippen LogP contribution in [0.5, 0.6) is 5.75 Å². The van der Waals surface area contributed by atoms with Gasteiger partial charge in [-0.1, -0.05) is 18.2 Å². The van der Waals surface area contributed by atoms with Crippen LogP contribution in [0.15, 0.2) is 36.0 Å². The Bertz CT molecular complexity index is 991. The molecule has 1 aromatic heterocycles. The lowest BCUT2D eigenvalue weighted by atomic mass is 10.1. The van der Waals surface area contributed by atoms with Gasteiger partial charge in [0, 0.05) is 13.6 Å². The van der Waals surface area contributed by atoms with E-state index in [0.717, 1.165) is 0 Å². The fourth-order valence-electron chi connectivity index (χ4n) is 3.10. The van der Waals surface area contributed by atoms with Gasteiger partial charge in [-0.3, -0.25) is 9.48 Å². The lowest BCUT2D eigenvalue weighted by molar-refractivity contribution is 0.0693. The van der Waals surface area contributed by atoms with E-state index < -0.39 is 11.9 Å². The number of nitrogens with zero attached hydrogens (tertiary/aromatic N) is 4. The number of fused-ring (bicyclic) bond motifs is 2. The fraction of sp³-hybridized carbons (Fsp3) is 0.350. The Morgan fingerprint density at radius 2 is 2.23 bits per heavy atom. The summed E-state index contributed by atoms with van der Waals surface area (Å²) in [5, 5.41) is 13.4. The van der Waals surface area contributed by atoms with Crippen LogP contribution in [-0.4, -0.2) is 57.9 Å². The molecule has 0 saturated carbocycles. The first-order valence-corrected chi connectivity index (χ1v) is 9.65. The van der Waals surface area contributed by atoms with Crippen molar-refractivity contribution in [1.29, 1.82) is 0 Å². The first-order chi connectivity index (χ1) is 14.4. The summed E-state index contributed by atoms with van der Waals surface area (Å²) in [6, 6.07) is 2.66. The molecule has 8 nitrogen and oxygen atoms in total. The second-order valence-corrected chi connectivity index (χ2v) is 6.94. The zero-order chi connectivity index (χ0) is 21.8. The largest absolute Gasteiger partial charge is 0.491 e. The zero-order valence-corrected chi connectivity index (χ0v) is 17.4. The number of aliphatic hydroxyl groups excluding tert-OH is 1. The highest BCUT2D eigenvalue weighted by molar-refractivity contribution is 6.31. The normalized spacial score (nSPS) is 17.4. The van der Waals surface area contributed by atoms with Crippen molar-refractivity contribution in [1.82, 2.24) is 14.7 Å². The smallest absolute Gasteiger partial charge is 0.259 e. The van der Waals surface area contributed by atoms with Crippen molar-refractivity contribution in [3.8, 4) is 5.75 Å². The number of benzene rings is 1. The monoisotopic (exact) mass is 436 g/mol. The average molecular weight is 437 g/mol. The van der Waals surface area contributed by atoms with E-state index in [-0.39, 0.29) is 54.5 Å². The number of carbonyl (C=O) groups excluding carboxylic acids is 1. The molecule has 0 unspecified atom stereocenters. The number of ether oxygens (including phenoxy) is 2. The molecule has 0 fully saturated rings. The van der Waals surface area contributed by atoms with Gasteiger partial charge in [0.05, 0.1) is 29.9 Å². The Morgan fingerprint density at radius 1 is 1.47 bits per heavy atom. The minimum Gasteiger partial charge on any atom is -0.491 e. The molecule has 0 bridgehead atoms. The van der Waals surface area contributed by atoms with Crippen molar-refractivity contribution in [2.45, 2.75) is 13.0 Å². The lowest BCUT2D eigenvalue weighted by Crippen LogP contribution is -2.36. The minimum absolute atomic E-state index is 0.0954. The lowest BCUT2D eigenvalue weighted by Gasteiger charge is -2.22. The minimum atomic E-state index is -0.721. The van der Waals surface area contributed by atoms with E-state index in [0.29, 0.717) is 11.3 Å². The van der Waals surface area contributed by atoms with E-state index >= 15 is 0 Å². The molecule has 1 amide bonds. The van der Waals surface area contributed by atoms with Gasteiger partial charge >= 0.3 is 0 Å². The first-order valence-electron chi connectivity index (χ1n) is 9.28. The molecule has 1 aromatic carbocycles. The molecular weight excluding hydrogens is 415 g/mol. The maximum Gasteiger partial charge on any atom is 0.259 e. The van der Waals surface area contributed by atoms with E-state index in [1.165, 1.54) is 34.0 Å². The summed E-state index contributed by atoms with van der Waals surface area (Å²) in [4.78, 5) is 18.9. The first kappa shape index (κ1) is 21.8. The molecule has 1 atom stereocenters. The highest BCUT2D eigenvalue weighted by Gasteiger charge is 2.25. The quantitative estimate of drug-likeness (QED) is 0.798. The van der Waals surface area contributed by atoms with Crippen LogP contribution in [0.3, 0.4) is 0 Å². The number of aromatic nitrogens is 2. The number of β-amino-alcohol motifs (C(OH)–C–C–N with tert-alkyl or cyclic N) is 1. The third-order valence-corrected chi connectivity index (χ3v) is 4.99. The number of hydrogen-bond acceptors (Lipinski definition) is 6. The maximum atomic E-state index is 14.1. The van der Waals surface area contributed by atoms with Crippen molar-refractivity contribution >= 4 is 29.2 Å². The number of amides is 1. The third-order valence-electron chi connectivity index (χ3n) is 4.60. The second-order valence-electron chi connectivity index (χ2n) is 6.56. The topological polar surface area (TPSA) is 89.2 Å². The number of rotatable bonds is 3. The van der Waals surface area contributed by atoms with Crippen molar-refractivity contribution in [2.24, 2.45) is 12.0 Å². The molecule has 160 valence electrons. The van der Waals surface area contributed by atoms with Crippen molar-refractivity contribution in [3.05, 3.63) is 53.0 Å². The van der Waals surface area contributed by atoms with Gasteiger partial charge in [0.25, 0.3) is 5.91 Å². The van der Waals surface area contributed by atoms with Crippen LogP contribution in [0.1, 0.15) is 28.9 Å². The Hall–Kier alpha value is -2.91. The van der Waals surface area contributed by atoms with E-state index in [4.69, 9.17) is 21.1 Å².